The molecule has 1 rings (SSSR count). The van der Waals surface area contributed by atoms with Gasteiger partial charge in [-0.05, 0) is 6.07 Å². The number of aromatic amines is 1. The number of terminal acetylenes is 1. The molecule has 0 aliphatic rings. The molecular formula is C7H9N3O2S. The third-order valence-corrected chi connectivity index (χ3v) is 3.21. The van der Waals surface area contributed by atoms with Crippen LogP contribution in [0, 0.1) is 12.3 Å². The lowest BCUT2D eigenvalue weighted by Crippen LogP contribution is -2.27. The number of sulfonamides is 1. The highest BCUT2D eigenvalue weighted by molar-refractivity contribution is 7.89. The first-order valence-corrected chi connectivity index (χ1v) is 4.92. The third-order valence-electron chi connectivity index (χ3n) is 1.48. The summed E-state index contributed by atoms with van der Waals surface area (Å²) in [7, 11) is -2.07. The molecule has 0 atom stereocenters. The van der Waals surface area contributed by atoms with Crippen molar-refractivity contribution in [1.29, 1.82) is 0 Å². The van der Waals surface area contributed by atoms with Crippen molar-refractivity contribution in [2.75, 3.05) is 13.6 Å². The van der Waals surface area contributed by atoms with Gasteiger partial charge in [-0.2, -0.15) is 9.40 Å². The van der Waals surface area contributed by atoms with Gasteiger partial charge in [-0.15, -0.1) is 6.42 Å². The molecule has 0 saturated carbocycles. The maximum atomic E-state index is 11.5. The average Bonchev–Trinajstić information content (AvgIpc) is 2.56. The Labute approximate surface area is 76.8 Å². The second-order valence-electron chi connectivity index (χ2n) is 2.39. The van der Waals surface area contributed by atoms with Crippen LogP contribution in [0.2, 0.25) is 0 Å². The van der Waals surface area contributed by atoms with Crippen molar-refractivity contribution >= 4 is 10.0 Å². The summed E-state index contributed by atoms with van der Waals surface area (Å²) >= 11 is 0. The van der Waals surface area contributed by atoms with E-state index in [1.54, 1.807) is 0 Å². The monoisotopic (exact) mass is 199 g/mol. The van der Waals surface area contributed by atoms with E-state index in [-0.39, 0.29) is 11.6 Å². The van der Waals surface area contributed by atoms with E-state index >= 15 is 0 Å². The zero-order chi connectivity index (χ0) is 9.90. The fourth-order valence-corrected chi connectivity index (χ4v) is 1.75. The summed E-state index contributed by atoms with van der Waals surface area (Å²) in [5.74, 6) is 2.25. The van der Waals surface area contributed by atoms with E-state index in [1.165, 1.54) is 19.3 Å². The van der Waals surface area contributed by atoms with Gasteiger partial charge in [0.1, 0.15) is 0 Å². The average molecular weight is 199 g/mol. The molecule has 70 valence electrons. The third kappa shape index (κ3) is 1.88. The van der Waals surface area contributed by atoms with Gasteiger partial charge >= 0.3 is 0 Å². The molecule has 0 bridgehead atoms. The Kier molecular flexibility index (Phi) is 2.70. The Morgan fingerprint density at radius 2 is 2.46 bits per heavy atom. The van der Waals surface area contributed by atoms with Gasteiger partial charge in [-0.1, -0.05) is 5.92 Å². The number of hydrogen-bond acceptors (Lipinski definition) is 3. The summed E-state index contributed by atoms with van der Waals surface area (Å²) in [5.41, 5.74) is 0. The number of nitrogens with zero attached hydrogens (tertiary/aromatic N) is 2. The molecule has 1 aromatic rings. The van der Waals surface area contributed by atoms with E-state index in [4.69, 9.17) is 6.42 Å². The molecule has 0 radical (unpaired) electrons. The highest BCUT2D eigenvalue weighted by Gasteiger charge is 2.20. The number of aromatic nitrogens is 2. The molecule has 5 nitrogen and oxygen atoms in total. The van der Waals surface area contributed by atoms with Crippen LogP contribution >= 0.6 is 0 Å². The van der Waals surface area contributed by atoms with E-state index in [2.05, 4.69) is 16.1 Å². The van der Waals surface area contributed by atoms with E-state index in [0.29, 0.717) is 0 Å². The number of rotatable bonds is 3. The Bertz CT molecular complexity index is 401. The van der Waals surface area contributed by atoms with Crippen molar-refractivity contribution < 1.29 is 8.42 Å². The second-order valence-corrected chi connectivity index (χ2v) is 4.40. The molecule has 1 N–H and O–H groups in total. The van der Waals surface area contributed by atoms with Crippen molar-refractivity contribution in [2.24, 2.45) is 0 Å². The molecule has 1 heterocycles. The Morgan fingerprint density at radius 3 is 2.92 bits per heavy atom. The molecular weight excluding hydrogens is 190 g/mol. The molecule has 0 fully saturated rings. The van der Waals surface area contributed by atoms with Gasteiger partial charge in [0.2, 0.25) is 0 Å². The minimum absolute atomic E-state index is 0.0430. The summed E-state index contributed by atoms with van der Waals surface area (Å²) in [6.07, 6.45) is 6.37. The van der Waals surface area contributed by atoms with Crippen LogP contribution in [0.3, 0.4) is 0 Å². The normalized spacial score (nSPS) is 11.5. The number of H-pyrrole nitrogens is 1. The van der Waals surface area contributed by atoms with Gasteiger partial charge in [-0.3, -0.25) is 5.10 Å². The van der Waals surface area contributed by atoms with Gasteiger partial charge in [-0.25, -0.2) is 8.42 Å². The summed E-state index contributed by atoms with van der Waals surface area (Å²) in [4.78, 5) is 0. The van der Waals surface area contributed by atoms with Gasteiger partial charge in [0, 0.05) is 7.05 Å². The summed E-state index contributed by atoms with van der Waals surface area (Å²) in [6.45, 7) is 0.0430. The Balaban J connectivity index is 2.98. The smallest absolute Gasteiger partial charge is 0.260 e. The second kappa shape index (κ2) is 3.60. The molecule has 0 spiro atoms. The van der Waals surface area contributed by atoms with Crippen LogP contribution < -0.4 is 0 Å². The van der Waals surface area contributed by atoms with E-state index in [0.717, 1.165) is 4.31 Å². The zero-order valence-corrected chi connectivity index (χ0v) is 7.87. The molecule has 0 aromatic carbocycles. The Morgan fingerprint density at radius 1 is 1.77 bits per heavy atom. The quantitative estimate of drug-likeness (QED) is 0.677. The van der Waals surface area contributed by atoms with Crippen LogP contribution in [-0.2, 0) is 10.0 Å². The lowest BCUT2D eigenvalue weighted by molar-refractivity contribution is 0.499. The molecule has 13 heavy (non-hydrogen) atoms. The van der Waals surface area contributed by atoms with Gasteiger partial charge in [0.05, 0.1) is 12.7 Å². The fourth-order valence-electron chi connectivity index (χ4n) is 0.768. The van der Waals surface area contributed by atoms with Crippen LogP contribution in [0.15, 0.2) is 17.3 Å². The lowest BCUT2D eigenvalue weighted by atomic mass is 10.7. The molecule has 1 aromatic heterocycles. The zero-order valence-electron chi connectivity index (χ0n) is 7.06. The van der Waals surface area contributed by atoms with Crippen molar-refractivity contribution in [3.8, 4) is 12.3 Å². The number of nitrogens with one attached hydrogen (secondary N) is 1. The minimum Gasteiger partial charge on any atom is -0.266 e. The van der Waals surface area contributed by atoms with Crippen LogP contribution in [0.4, 0.5) is 0 Å². The first-order chi connectivity index (χ1) is 6.09. The van der Waals surface area contributed by atoms with Gasteiger partial charge in [0.15, 0.2) is 5.03 Å². The molecule has 0 aliphatic heterocycles. The molecule has 0 amide bonds. The van der Waals surface area contributed by atoms with E-state index in [9.17, 15) is 8.42 Å². The largest absolute Gasteiger partial charge is 0.266 e. The van der Waals surface area contributed by atoms with Gasteiger partial charge in [0.25, 0.3) is 10.0 Å². The van der Waals surface area contributed by atoms with Crippen molar-refractivity contribution in [1.82, 2.24) is 14.5 Å². The highest BCUT2D eigenvalue weighted by atomic mass is 32.2. The summed E-state index contributed by atoms with van der Waals surface area (Å²) in [5, 5.41) is 5.96. The van der Waals surface area contributed by atoms with E-state index < -0.39 is 10.0 Å². The van der Waals surface area contributed by atoms with Crippen molar-refractivity contribution in [3.05, 3.63) is 12.3 Å². The first-order valence-electron chi connectivity index (χ1n) is 3.48. The van der Waals surface area contributed by atoms with E-state index in [1.807, 2.05) is 0 Å². The lowest BCUT2D eigenvalue weighted by Gasteiger charge is -2.11. The van der Waals surface area contributed by atoms with Crippen LogP contribution in [-0.4, -0.2) is 36.5 Å². The first kappa shape index (κ1) is 9.77. The van der Waals surface area contributed by atoms with Crippen LogP contribution in [0.1, 0.15) is 0 Å². The molecule has 6 heteroatoms. The van der Waals surface area contributed by atoms with Crippen LogP contribution in [0.25, 0.3) is 0 Å². The topological polar surface area (TPSA) is 66.1 Å². The maximum absolute atomic E-state index is 11.5. The van der Waals surface area contributed by atoms with Crippen molar-refractivity contribution in [2.45, 2.75) is 5.03 Å². The molecule has 0 saturated heterocycles. The summed E-state index contributed by atoms with van der Waals surface area (Å²) in [6, 6.07) is 1.38. The minimum atomic E-state index is -3.49. The van der Waals surface area contributed by atoms with Crippen molar-refractivity contribution in [3.63, 3.8) is 0 Å². The molecule has 0 unspecified atom stereocenters. The SMILES string of the molecule is C#CCN(C)S(=O)(=O)c1ccn[nH]1. The summed E-state index contributed by atoms with van der Waals surface area (Å²) < 4.78 is 24.2. The predicted molar refractivity (Wildman–Crippen MR) is 47.2 cm³/mol. The fraction of sp³-hybridized carbons (Fsp3) is 0.286. The molecule has 0 aliphatic carbocycles. The van der Waals surface area contributed by atoms with Gasteiger partial charge < -0.3 is 0 Å². The maximum Gasteiger partial charge on any atom is 0.260 e. The predicted octanol–water partition coefficient (Wildman–Crippen LogP) is -0.337. The van der Waals surface area contributed by atoms with Crippen LogP contribution in [0.5, 0.6) is 0 Å². The standard InChI is InChI=1S/C7H9N3O2S/c1-3-6-10(2)13(11,12)7-4-5-8-9-7/h1,4-5H,6H2,2H3,(H,8,9). The number of hydrogen-bond donors (Lipinski definition) is 1. The highest BCUT2D eigenvalue weighted by Crippen LogP contribution is 2.08. The Hall–Kier alpha value is -1.32.